The van der Waals surface area contributed by atoms with E-state index in [0.29, 0.717) is 23.1 Å². The summed E-state index contributed by atoms with van der Waals surface area (Å²) in [7, 11) is 0. The van der Waals surface area contributed by atoms with E-state index in [1.165, 1.54) is 77.5 Å². The number of Topliss-reactive ketones (excluding diaryl/α,β-unsaturated/α-hetero) is 2. The molecule has 0 spiro atoms. The third-order valence-electron chi connectivity index (χ3n) is 22.5. The minimum atomic E-state index is -0.123. The average Bonchev–Trinajstić information content (AvgIpc) is 3.79. The standard InChI is InChI=1S/C74H46N4O2/c1-76-52-31-56-66(68-61-44-16-8-4-12-40(44)59(64(52)68)41-13-5-9-17-45(41)61)70-63-50-27-48-46(33-18-22-35(23-19-33)73(48)79)29-53(50)77-55-26-37(32-75)57-58-38-10-2-6-14-42(38)60(43-15-7-3-11-39(43)58)67(57)65(55)69(71(63)77)62-51-28-49-47(30-54(51)78(56)72(62)70)34-20-24-36(25-21-34)74(49)80/h2-17,26-31,33-36,58-61H,18-25H2. The van der Waals surface area contributed by atoms with Crippen molar-refractivity contribution >= 4 is 93.4 Å². The Morgan fingerprint density at radius 1 is 0.400 bits per heavy atom. The molecule has 4 heterocycles. The van der Waals surface area contributed by atoms with Gasteiger partial charge in [0.2, 0.25) is 0 Å². The van der Waals surface area contributed by atoms with Crippen LogP contribution in [0, 0.1) is 29.7 Å². The Bertz CT molecular complexity index is 4900. The van der Waals surface area contributed by atoms with E-state index in [1.54, 1.807) is 0 Å². The van der Waals surface area contributed by atoms with Crippen LogP contribution in [0.3, 0.4) is 0 Å². The predicted molar refractivity (Wildman–Crippen MR) is 314 cm³/mol. The first kappa shape index (κ1) is 41.9. The Hall–Kier alpha value is -9.10. The zero-order chi connectivity index (χ0) is 52.0. The van der Waals surface area contributed by atoms with Crippen LogP contribution in [0.2, 0.25) is 0 Å². The zero-order valence-electron chi connectivity index (χ0n) is 43.6. The Morgan fingerprint density at radius 3 is 1.16 bits per heavy atom. The molecule has 9 aromatic carbocycles. The normalized spacial score (nSPS) is 24.1. The lowest BCUT2D eigenvalue weighted by atomic mass is 9.59. The summed E-state index contributed by atoms with van der Waals surface area (Å²) in [5.74, 6) is 0.751. The summed E-state index contributed by atoms with van der Waals surface area (Å²) >= 11 is 0. The van der Waals surface area contributed by atoms with Crippen molar-refractivity contribution in [3.63, 3.8) is 0 Å². The minimum absolute atomic E-state index is 0.0291. The number of nitrogens with zero attached hydrogens (tertiary/aromatic N) is 4. The summed E-state index contributed by atoms with van der Waals surface area (Å²) < 4.78 is 5.09. The van der Waals surface area contributed by atoms with Crippen LogP contribution in [0.25, 0.3) is 81.0 Å². The molecule has 6 heteroatoms. The van der Waals surface area contributed by atoms with Crippen LogP contribution in [-0.2, 0) is 0 Å². The largest absolute Gasteiger partial charge is 0.309 e. The molecule has 8 bridgehead atoms. The van der Waals surface area contributed by atoms with Crippen LogP contribution in [0.4, 0.5) is 5.69 Å². The van der Waals surface area contributed by atoms with Crippen LogP contribution in [0.1, 0.15) is 191 Å². The molecule has 0 amide bonds. The highest BCUT2D eigenvalue weighted by Crippen LogP contribution is 2.65. The second-order valence-corrected chi connectivity index (χ2v) is 25.3. The molecule has 0 radical (unpaired) electrons. The lowest BCUT2D eigenvalue weighted by Crippen LogP contribution is -2.28. The van der Waals surface area contributed by atoms with E-state index in [-0.39, 0.29) is 47.1 Å². The summed E-state index contributed by atoms with van der Waals surface area (Å²) in [6.45, 7) is 9.17. The lowest BCUT2D eigenvalue weighted by molar-refractivity contribution is 0.0891. The summed E-state index contributed by atoms with van der Waals surface area (Å²) in [5.41, 5.74) is 27.0. The topological polar surface area (TPSA) is 71.1 Å². The Balaban J connectivity index is 1.05. The van der Waals surface area contributed by atoms with Gasteiger partial charge in [-0.1, -0.05) is 97.1 Å². The van der Waals surface area contributed by atoms with Gasteiger partial charge in [-0.3, -0.25) is 9.59 Å². The first-order chi connectivity index (χ1) is 39.5. The predicted octanol–water partition coefficient (Wildman–Crippen LogP) is 17.3. The molecule has 0 N–H and O–H groups in total. The van der Waals surface area contributed by atoms with E-state index in [0.717, 1.165) is 139 Å². The van der Waals surface area contributed by atoms with Gasteiger partial charge in [-0.05, 0) is 177 Å². The van der Waals surface area contributed by atoms with Gasteiger partial charge >= 0.3 is 0 Å². The van der Waals surface area contributed by atoms with Gasteiger partial charge in [-0.25, -0.2) is 4.85 Å². The van der Waals surface area contributed by atoms with E-state index in [2.05, 4.69) is 153 Å². The van der Waals surface area contributed by atoms with Gasteiger partial charge in [0.25, 0.3) is 0 Å². The highest BCUT2D eigenvalue weighted by atomic mass is 16.1. The Morgan fingerprint density at radius 2 is 0.762 bits per heavy atom. The van der Waals surface area contributed by atoms with Crippen LogP contribution in [0.15, 0.2) is 133 Å². The molecule has 2 saturated carbocycles. The van der Waals surface area contributed by atoms with Crippen LogP contribution in [-0.4, -0.2) is 20.4 Å². The highest BCUT2D eigenvalue weighted by molar-refractivity contribution is 6.46. The van der Waals surface area contributed by atoms with Gasteiger partial charge in [0.05, 0.1) is 45.8 Å². The number of hydrogen-bond acceptors (Lipinski definition) is 3. The number of fused-ring (bicyclic) bond motifs is 18. The van der Waals surface area contributed by atoms with Crippen molar-refractivity contribution in [2.24, 2.45) is 11.8 Å². The van der Waals surface area contributed by atoms with Gasteiger partial charge in [-0.2, -0.15) is 5.26 Å². The average molecular weight is 1020 g/mol. The lowest BCUT2D eigenvalue weighted by Gasteiger charge is -2.43. The molecule has 374 valence electrons. The molecular weight excluding hydrogens is 977 g/mol. The number of carbonyl (C=O) groups is 2. The molecule has 12 aliphatic carbocycles. The van der Waals surface area contributed by atoms with Crippen molar-refractivity contribution in [1.29, 1.82) is 5.26 Å². The third kappa shape index (κ3) is 4.46. The molecule has 25 rings (SSSR count). The van der Waals surface area contributed by atoms with E-state index in [9.17, 15) is 11.8 Å². The number of hydrogen-bond donors (Lipinski definition) is 0. The first-order valence-electron chi connectivity index (χ1n) is 29.3. The molecule has 2 fully saturated rings. The van der Waals surface area contributed by atoms with Crippen molar-refractivity contribution in [3.05, 3.63) is 239 Å². The molecule has 0 saturated heterocycles. The molecule has 12 aliphatic rings. The Kier molecular flexibility index (Phi) is 7.25. The second-order valence-electron chi connectivity index (χ2n) is 25.3. The number of ketones is 2. The summed E-state index contributed by atoms with van der Waals surface area (Å²) in [6, 6.07) is 52.6. The van der Waals surface area contributed by atoms with Crippen molar-refractivity contribution in [1.82, 2.24) is 8.80 Å². The number of nitriles is 1. The molecule has 4 aromatic heterocycles. The quantitative estimate of drug-likeness (QED) is 0.142. The maximum Gasteiger partial charge on any atom is 0.193 e. The van der Waals surface area contributed by atoms with E-state index in [1.807, 2.05) is 0 Å². The Labute approximate surface area is 459 Å². The van der Waals surface area contributed by atoms with Crippen LogP contribution >= 0.6 is 0 Å². The summed E-state index contributed by atoms with van der Waals surface area (Å²) in [4.78, 5) is 34.7. The van der Waals surface area contributed by atoms with Gasteiger partial charge in [-0.15, -0.1) is 0 Å². The van der Waals surface area contributed by atoms with Crippen molar-refractivity contribution in [3.8, 4) is 6.07 Å². The van der Waals surface area contributed by atoms with Gasteiger partial charge in [0.15, 0.2) is 17.3 Å². The van der Waals surface area contributed by atoms with E-state index < -0.39 is 0 Å². The molecular formula is C74H46N4O2. The van der Waals surface area contributed by atoms with E-state index in [4.69, 9.17) is 0 Å². The fourth-order valence-electron chi connectivity index (χ4n) is 19.5. The molecule has 0 aliphatic heterocycles. The van der Waals surface area contributed by atoms with Crippen molar-refractivity contribution < 1.29 is 9.59 Å². The van der Waals surface area contributed by atoms with Crippen LogP contribution < -0.4 is 0 Å². The van der Waals surface area contributed by atoms with Crippen molar-refractivity contribution in [2.75, 3.05) is 0 Å². The van der Waals surface area contributed by atoms with E-state index >= 15 is 9.59 Å². The fourth-order valence-corrected chi connectivity index (χ4v) is 19.5. The third-order valence-corrected chi connectivity index (χ3v) is 22.5. The number of carbonyl (C=O) groups excluding carboxylic acids is 2. The van der Waals surface area contributed by atoms with Gasteiger partial charge in [0.1, 0.15) is 0 Å². The molecule has 0 atom stereocenters. The molecule has 0 unspecified atom stereocenters. The number of aromatic nitrogens is 2. The van der Waals surface area contributed by atoms with Gasteiger partial charge in [0, 0.05) is 95.2 Å². The monoisotopic (exact) mass is 1020 g/mol. The first-order valence-corrected chi connectivity index (χ1v) is 29.3. The second kappa shape index (κ2) is 13.8. The van der Waals surface area contributed by atoms with Crippen molar-refractivity contribution in [2.45, 2.75) is 86.9 Å². The highest BCUT2D eigenvalue weighted by Gasteiger charge is 2.48. The smallest absolute Gasteiger partial charge is 0.193 e. The summed E-state index contributed by atoms with van der Waals surface area (Å²) in [6.07, 6.45) is 7.74. The summed E-state index contributed by atoms with van der Waals surface area (Å²) in [5, 5.41) is 20.8. The minimum Gasteiger partial charge on any atom is -0.309 e. The molecule has 6 nitrogen and oxygen atoms in total. The number of rotatable bonds is 0. The van der Waals surface area contributed by atoms with Crippen LogP contribution in [0.5, 0.6) is 0 Å². The van der Waals surface area contributed by atoms with Gasteiger partial charge < -0.3 is 8.80 Å². The molecule has 13 aromatic rings. The number of benzene rings is 9. The zero-order valence-corrected chi connectivity index (χ0v) is 43.6. The fraction of sp³-hybridized carbons (Fsp3) is 0.216. The SMILES string of the molecule is [C-]#[N+]c1cc2c(c3c1C1c4ccccc4C3c3ccccc31)c1c3c4cc5c(cc4n4c6cc(C#N)c7c(c6c(c6c8cc9c(cc8n2c61)C1CCC(CC1)C9=O)c34)C1c2ccccc2C7c2ccccc21)C1CCC(CC1)C5=O. The maximum absolute atomic E-state index is 15.1. The molecule has 80 heavy (non-hydrogen) atoms. The maximum atomic E-state index is 15.1.